The minimum atomic E-state index is -0.429. The molecular formula is C19H25N3O2. The van der Waals surface area contributed by atoms with Gasteiger partial charge in [-0.2, -0.15) is 0 Å². The van der Waals surface area contributed by atoms with Crippen molar-refractivity contribution in [3.05, 3.63) is 59.3 Å². The third-order valence-corrected chi connectivity index (χ3v) is 3.74. The standard InChI is InChI=1S/C19H25N3O2/c1-13-9-14(2)21-18(10-13)22-19(24)20-12-17(11-15(3)23)16-7-5-4-6-8-16/h4-10,15,17,23H,11-12H2,1-3H3,(H2,20,21,22,24). The molecule has 2 unspecified atom stereocenters. The first-order chi connectivity index (χ1) is 11.4. The van der Waals surface area contributed by atoms with Crippen molar-refractivity contribution in [2.75, 3.05) is 11.9 Å². The van der Waals surface area contributed by atoms with Crippen molar-refractivity contribution < 1.29 is 9.90 Å². The fraction of sp³-hybridized carbons (Fsp3) is 0.368. The molecule has 1 aromatic heterocycles. The van der Waals surface area contributed by atoms with E-state index in [1.807, 2.05) is 56.3 Å². The van der Waals surface area contributed by atoms with E-state index >= 15 is 0 Å². The van der Waals surface area contributed by atoms with Crippen molar-refractivity contribution in [1.29, 1.82) is 0 Å². The Bertz CT molecular complexity index is 651. The Morgan fingerprint density at radius 1 is 1.21 bits per heavy atom. The van der Waals surface area contributed by atoms with Crippen molar-refractivity contribution in [3.8, 4) is 0 Å². The second kappa shape index (κ2) is 8.45. The Balaban J connectivity index is 1.96. The van der Waals surface area contributed by atoms with E-state index in [-0.39, 0.29) is 11.9 Å². The molecule has 0 bridgehead atoms. The van der Waals surface area contributed by atoms with Gasteiger partial charge in [0.05, 0.1) is 6.10 Å². The number of urea groups is 1. The molecule has 0 aliphatic heterocycles. The average molecular weight is 327 g/mol. The number of hydrogen-bond acceptors (Lipinski definition) is 3. The summed E-state index contributed by atoms with van der Waals surface area (Å²) < 4.78 is 0. The van der Waals surface area contributed by atoms with Crippen LogP contribution in [0.5, 0.6) is 0 Å². The highest BCUT2D eigenvalue weighted by Gasteiger charge is 2.15. The molecule has 2 amide bonds. The van der Waals surface area contributed by atoms with E-state index in [1.54, 1.807) is 6.92 Å². The van der Waals surface area contributed by atoms with Gasteiger partial charge >= 0.3 is 6.03 Å². The van der Waals surface area contributed by atoms with Crippen LogP contribution in [0.4, 0.5) is 10.6 Å². The van der Waals surface area contributed by atoms with Gasteiger partial charge in [0, 0.05) is 18.2 Å². The molecule has 2 aromatic rings. The van der Waals surface area contributed by atoms with Gasteiger partial charge in [0.25, 0.3) is 0 Å². The minimum Gasteiger partial charge on any atom is -0.393 e. The van der Waals surface area contributed by atoms with Crippen molar-refractivity contribution in [1.82, 2.24) is 10.3 Å². The van der Waals surface area contributed by atoms with Crippen LogP contribution in [0.25, 0.3) is 0 Å². The summed E-state index contributed by atoms with van der Waals surface area (Å²) in [5, 5.41) is 15.3. The fourth-order valence-electron chi connectivity index (χ4n) is 2.76. The summed E-state index contributed by atoms with van der Waals surface area (Å²) in [5.41, 5.74) is 3.01. The molecule has 3 N–H and O–H groups in total. The number of nitrogens with one attached hydrogen (secondary N) is 2. The highest BCUT2D eigenvalue weighted by molar-refractivity contribution is 5.88. The first-order valence-corrected chi connectivity index (χ1v) is 8.17. The van der Waals surface area contributed by atoms with Gasteiger partial charge in [-0.25, -0.2) is 9.78 Å². The number of anilines is 1. The Labute approximate surface area is 143 Å². The number of aryl methyl sites for hydroxylation is 2. The molecule has 0 spiro atoms. The van der Waals surface area contributed by atoms with Crippen LogP contribution in [0.2, 0.25) is 0 Å². The summed E-state index contributed by atoms with van der Waals surface area (Å²) in [6.07, 6.45) is 0.160. The number of hydrogen-bond donors (Lipinski definition) is 3. The van der Waals surface area contributed by atoms with Gasteiger partial charge < -0.3 is 10.4 Å². The van der Waals surface area contributed by atoms with Crippen LogP contribution >= 0.6 is 0 Å². The van der Waals surface area contributed by atoms with Crippen LogP contribution in [0.15, 0.2) is 42.5 Å². The number of nitrogens with zero attached hydrogens (tertiary/aromatic N) is 1. The highest BCUT2D eigenvalue weighted by Crippen LogP contribution is 2.20. The topological polar surface area (TPSA) is 74.2 Å². The molecule has 2 atom stereocenters. The number of carbonyl (C=O) groups excluding carboxylic acids is 1. The molecule has 2 rings (SSSR count). The molecule has 1 heterocycles. The Morgan fingerprint density at radius 3 is 2.54 bits per heavy atom. The molecule has 0 saturated carbocycles. The molecule has 0 radical (unpaired) electrons. The van der Waals surface area contributed by atoms with Crippen LogP contribution in [0.1, 0.15) is 36.1 Å². The highest BCUT2D eigenvalue weighted by atomic mass is 16.3. The molecule has 5 heteroatoms. The Kier molecular flexibility index (Phi) is 6.32. The van der Waals surface area contributed by atoms with E-state index in [2.05, 4.69) is 15.6 Å². The number of amides is 2. The predicted molar refractivity (Wildman–Crippen MR) is 96.2 cm³/mol. The minimum absolute atomic E-state index is 0.0594. The van der Waals surface area contributed by atoms with Gasteiger partial charge in [0.1, 0.15) is 5.82 Å². The molecule has 0 aliphatic carbocycles. The molecule has 5 nitrogen and oxygen atoms in total. The summed E-state index contributed by atoms with van der Waals surface area (Å²) in [6, 6.07) is 13.4. The zero-order valence-corrected chi connectivity index (χ0v) is 14.4. The number of rotatable bonds is 6. The molecular weight excluding hydrogens is 302 g/mol. The second-order valence-electron chi connectivity index (χ2n) is 6.20. The van der Waals surface area contributed by atoms with E-state index in [9.17, 15) is 9.90 Å². The van der Waals surface area contributed by atoms with Crippen molar-refractivity contribution in [2.45, 2.75) is 39.2 Å². The van der Waals surface area contributed by atoms with E-state index in [0.717, 1.165) is 16.8 Å². The summed E-state index contributed by atoms with van der Waals surface area (Å²) in [5.74, 6) is 0.598. The molecule has 24 heavy (non-hydrogen) atoms. The lowest BCUT2D eigenvalue weighted by Gasteiger charge is -2.20. The maximum atomic E-state index is 12.1. The van der Waals surface area contributed by atoms with Gasteiger partial charge in [-0.05, 0) is 50.5 Å². The van der Waals surface area contributed by atoms with Gasteiger partial charge in [-0.1, -0.05) is 30.3 Å². The van der Waals surface area contributed by atoms with Crippen LogP contribution in [-0.4, -0.2) is 28.8 Å². The number of aliphatic hydroxyl groups excluding tert-OH is 1. The average Bonchev–Trinajstić information content (AvgIpc) is 2.51. The third-order valence-electron chi connectivity index (χ3n) is 3.74. The van der Waals surface area contributed by atoms with Crippen molar-refractivity contribution in [3.63, 3.8) is 0 Å². The number of carbonyl (C=O) groups is 1. The summed E-state index contributed by atoms with van der Waals surface area (Å²) in [7, 11) is 0. The number of aliphatic hydroxyl groups is 1. The van der Waals surface area contributed by atoms with E-state index in [4.69, 9.17) is 0 Å². The second-order valence-corrected chi connectivity index (χ2v) is 6.20. The largest absolute Gasteiger partial charge is 0.393 e. The van der Waals surface area contributed by atoms with Crippen LogP contribution < -0.4 is 10.6 Å². The Hall–Kier alpha value is -2.40. The van der Waals surface area contributed by atoms with Crippen LogP contribution in [0, 0.1) is 13.8 Å². The number of pyridine rings is 1. The first kappa shape index (κ1) is 17.9. The molecule has 0 aliphatic rings. The van der Waals surface area contributed by atoms with E-state index in [1.165, 1.54) is 0 Å². The van der Waals surface area contributed by atoms with Crippen molar-refractivity contribution in [2.24, 2.45) is 0 Å². The number of aromatic nitrogens is 1. The van der Waals surface area contributed by atoms with Gasteiger partial charge in [0.2, 0.25) is 0 Å². The molecule has 0 fully saturated rings. The van der Waals surface area contributed by atoms with Crippen LogP contribution in [0.3, 0.4) is 0 Å². The molecule has 1 aromatic carbocycles. The van der Waals surface area contributed by atoms with E-state index in [0.29, 0.717) is 18.8 Å². The number of benzene rings is 1. The monoisotopic (exact) mass is 327 g/mol. The smallest absolute Gasteiger partial charge is 0.320 e. The van der Waals surface area contributed by atoms with E-state index < -0.39 is 6.10 Å². The summed E-state index contributed by atoms with van der Waals surface area (Å²) >= 11 is 0. The van der Waals surface area contributed by atoms with Gasteiger partial charge in [0.15, 0.2) is 0 Å². The zero-order chi connectivity index (χ0) is 17.5. The van der Waals surface area contributed by atoms with Crippen molar-refractivity contribution >= 4 is 11.8 Å². The SMILES string of the molecule is Cc1cc(C)nc(NC(=O)NCC(CC(C)O)c2ccccc2)c1. The van der Waals surface area contributed by atoms with Gasteiger partial charge in [-0.15, -0.1) is 0 Å². The summed E-state index contributed by atoms with van der Waals surface area (Å²) in [4.78, 5) is 16.4. The zero-order valence-electron chi connectivity index (χ0n) is 14.4. The lowest BCUT2D eigenvalue weighted by Crippen LogP contribution is -2.33. The summed E-state index contributed by atoms with van der Waals surface area (Å²) in [6.45, 7) is 6.07. The molecule has 0 saturated heterocycles. The predicted octanol–water partition coefficient (Wildman–Crippen LogP) is 3.37. The fourth-order valence-corrected chi connectivity index (χ4v) is 2.76. The maximum absolute atomic E-state index is 12.1. The lowest BCUT2D eigenvalue weighted by molar-refractivity contribution is 0.173. The lowest BCUT2D eigenvalue weighted by atomic mass is 9.93. The maximum Gasteiger partial charge on any atom is 0.320 e. The quantitative estimate of drug-likeness (QED) is 0.761. The molecule has 128 valence electrons. The van der Waals surface area contributed by atoms with Crippen LogP contribution in [-0.2, 0) is 0 Å². The first-order valence-electron chi connectivity index (χ1n) is 8.17. The normalized spacial score (nSPS) is 13.2. The van der Waals surface area contributed by atoms with Gasteiger partial charge in [-0.3, -0.25) is 5.32 Å². The Morgan fingerprint density at radius 2 is 1.92 bits per heavy atom. The third kappa shape index (κ3) is 5.66.